The number of carbonyl (C=O) groups is 1. The van der Waals surface area contributed by atoms with Gasteiger partial charge in [0.25, 0.3) is 5.91 Å². The number of aromatic nitrogens is 2. The molecule has 0 spiro atoms. The quantitative estimate of drug-likeness (QED) is 0.658. The Bertz CT molecular complexity index is 926. The summed E-state index contributed by atoms with van der Waals surface area (Å²) in [4.78, 5) is 23.3. The number of hydrogen-bond acceptors (Lipinski definition) is 4. The summed E-state index contributed by atoms with van der Waals surface area (Å²) in [6, 6.07) is 11.1. The maximum absolute atomic E-state index is 12.9. The molecule has 1 aliphatic heterocycles. The molecule has 0 saturated carbocycles. The van der Waals surface area contributed by atoms with Crippen LogP contribution in [0.5, 0.6) is 0 Å². The molecular weight excluding hydrogens is 362 g/mol. The second-order valence-electron chi connectivity index (χ2n) is 6.68. The second kappa shape index (κ2) is 7.92. The predicted octanol–water partition coefficient (Wildman–Crippen LogP) is 4.68. The van der Waals surface area contributed by atoms with Gasteiger partial charge in [-0.2, -0.15) is 0 Å². The highest BCUT2D eigenvalue weighted by Gasteiger charge is 2.32. The fourth-order valence-electron chi connectivity index (χ4n) is 3.47. The molecule has 1 amide bonds. The van der Waals surface area contributed by atoms with E-state index in [2.05, 4.69) is 9.97 Å². The minimum absolute atomic E-state index is 0.0290. The van der Waals surface area contributed by atoms with Crippen molar-refractivity contribution in [2.75, 3.05) is 6.54 Å². The van der Waals surface area contributed by atoms with E-state index in [1.165, 1.54) is 0 Å². The summed E-state index contributed by atoms with van der Waals surface area (Å²) >= 11 is 6.24. The van der Waals surface area contributed by atoms with Crippen molar-refractivity contribution >= 4 is 17.5 Å². The van der Waals surface area contributed by atoms with Crippen LogP contribution in [0.4, 0.5) is 0 Å². The number of amides is 1. The number of halogens is 1. The lowest BCUT2D eigenvalue weighted by atomic mass is 10.0. The topological polar surface area (TPSA) is 59.2 Å². The molecule has 3 aromatic rings. The zero-order valence-electron chi connectivity index (χ0n) is 14.8. The summed E-state index contributed by atoms with van der Waals surface area (Å²) in [5, 5.41) is 0.710. The van der Waals surface area contributed by atoms with Crippen molar-refractivity contribution < 1.29 is 9.21 Å². The van der Waals surface area contributed by atoms with Gasteiger partial charge < -0.3 is 9.32 Å². The van der Waals surface area contributed by atoms with Crippen LogP contribution in [0.2, 0.25) is 5.02 Å². The molecule has 1 saturated heterocycles. The van der Waals surface area contributed by atoms with Gasteiger partial charge in [0.05, 0.1) is 11.8 Å². The van der Waals surface area contributed by atoms with Crippen molar-refractivity contribution in [3.05, 3.63) is 82.8 Å². The molecule has 2 aromatic heterocycles. The Kier molecular flexibility index (Phi) is 5.21. The van der Waals surface area contributed by atoms with Crippen molar-refractivity contribution in [3.8, 4) is 0 Å². The number of piperidine rings is 1. The second-order valence-corrected chi connectivity index (χ2v) is 7.09. The summed E-state index contributed by atoms with van der Waals surface area (Å²) in [6.45, 7) is 0.695. The lowest BCUT2D eigenvalue weighted by Gasteiger charge is -2.33. The molecule has 4 rings (SSSR count). The maximum Gasteiger partial charge on any atom is 0.256 e. The zero-order chi connectivity index (χ0) is 18.6. The highest BCUT2D eigenvalue weighted by Crippen LogP contribution is 2.32. The van der Waals surface area contributed by atoms with Crippen molar-refractivity contribution in [3.63, 3.8) is 0 Å². The largest absolute Gasteiger partial charge is 0.443 e. The van der Waals surface area contributed by atoms with Crippen LogP contribution in [0, 0.1) is 0 Å². The molecule has 6 heteroatoms. The molecule has 1 aliphatic rings. The Morgan fingerprint density at radius 3 is 2.89 bits per heavy atom. The first-order chi connectivity index (χ1) is 13.2. The van der Waals surface area contributed by atoms with Gasteiger partial charge in [-0.25, -0.2) is 4.98 Å². The summed E-state index contributed by atoms with van der Waals surface area (Å²) in [5.74, 6) is 1.31. The summed E-state index contributed by atoms with van der Waals surface area (Å²) in [7, 11) is 0. The number of carbonyl (C=O) groups excluding carboxylic acids is 1. The summed E-state index contributed by atoms with van der Waals surface area (Å²) in [5.41, 5.74) is 1.58. The Hall–Kier alpha value is -2.66. The average molecular weight is 382 g/mol. The van der Waals surface area contributed by atoms with Crippen LogP contribution in [0.1, 0.15) is 52.9 Å². The van der Waals surface area contributed by atoms with Crippen LogP contribution in [-0.4, -0.2) is 27.3 Å². The van der Waals surface area contributed by atoms with Crippen molar-refractivity contribution in [2.24, 2.45) is 0 Å². The Labute approximate surface area is 163 Å². The third kappa shape index (κ3) is 3.88. The lowest BCUT2D eigenvalue weighted by Crippen LogP contribution is -2.38. The lowest BCUT2D eigenvalue weighted by molar-refractivity contribution is 0.0569. The van der Waals surface area contributed by atoms with E-state index in [-0.39, 0.29) is 11.9 Å². The van der Waals surface area contributed by atoms with Crippen molar-refractivity contribution in [1.29, 1.82) is 0 Å². The molecule has 5 nitrogen and oxygen atoms in total. The van der Waals surface area contributed by atoms with Crippen molar-refractivity contribution in [2.45, 2.75) is 31.7 Å². The van der Waals surface area contributed by atoms with E-state index in [0.29, 0.717) is 29.4 Å². The molecule has 0 radical (unpaired) electrons. The average Bonchev–Trinajstić information content (AvgIpc) is 3.18. The molecule has 1 fully saturated rings. The van der Waals surface area contributed by atoms with Gasteiger partial charge in [-0.05, 0) is 43.0 Å². The van der Waals surface area contributed by atoms with Crippen LogP contribution in [0.15, 0.2) is 59.4 Å². The van der Waals surface area contributed by atoms with Gasteiger partial charge in [0.15, 0.2) is 0 Å². The SMILES string of the molecule is O=C(c1cccnc1)N1CCCC[C@@H]1c1ncc(Cc2ccccc2Cl)o1. The first-order valence-corrected chi connectivity index (χ1v) is 9.49. The fourth-order valence-corrected chi connectivity index (χ4v) is 3.68. The molecule has 0 unspecified atom stereocenters. The Balaban J connectivity index is 1.55. The molecule has 138 valence electrons. The van der Waals surface area contributed by atoms with Gasteiger partial charge in [-0.1, -0.05) is 29.8 Å². The van der Waals surface area contributed by atoms with Crippen LogP contribution in [0.3, 0.4) is 0 Å². The standard InChI is InChI=1S/C21H20ClN3O2/c22-18-8-2-1-6-15(18)12-17-14-24-20(27-17)19-9-3-4-11-25(19)21(26)16-7-5-10-23-13-16/h1-2,5-8,10,13-14,19H,3-4,9,11-12H2/t19-/m1/s1. The van der Waals surface area contributed by atoms with Gasteiger partial charge in [-0.15, -0.1) is 0 Å². The molecule has 0 bridgehead atoms. The summed E-state index contributed by atoms with van der Waals surface area (Å²) < 4.78 is 6.02. The predicted molar refractivity (Wildman–Crippen MR) is 103 cm³/mol. The van der Waals surface area contributed by atoms with E-state index >= 15 is 0 Å². The number of pyridine rings is 1. The third-order valence-electron chi connectivity index (χ3n) is 4.85. The summed E-state index contributed by atoms with van der Waals surface area (Å²) in [6.07, 6.45) is 8.46. The first kappa shape index (κ1) is 17.7. The highest BCUT2D eigenvalue weighted by atomic mass is 35.5. The normalized spacial score (nSPS) is 17.1. The number of likely N-dealkylation sites (tertiary alicyclic amines) is 1. The van der Waals surface area contributed by atoms with E-state index in [1.807, 2.05) is 29.2 Å². The maximum atomic E-state index is 12.9. The third-order valence-corrected chi connectivity index (χ3v) is 5.22. The highest BCUT2D eigenvalue weighted by molar-refractivity contribution is 6.31. The van der Waals surface area contributed by atoms with E-state index in [0.717, 1.165) is 30.6 Å². The molecule has 27 heavy (non-hydrogen) atoms. The Morgan fingerprint density at radius 1 is 1.19 bits per heavy atom. The molecule has 3 heterocycles. The van der Waals surface area contributed by atoms with Crippen LogP contribution >= 0.6 is 11.6 Å². The minimum Gasteiger partial charge on any atom is -0.443 e. The van der Waals surface area contributed by atoms with Gasteiger partial charge in [0.1, 0.15) is 11.8 Å². The van der Waals surface area contributed by atoms with Crippen LogP contribution in [0.25, 0.3) is 0 Å². The van der Waals surface area contributed by atoms with E-state index in [4.69, 9.17) is 16.0 Å². The van der Waals surface area contributed by atoms with E-state index in [1.54, 1.807) is 30.7 Å². The van der Waals surface area contributed by atoms with Gasteiger partial charge >= 0.3 is 0 Å². The van der Waals surface area contributed by atoms with Crippen LogP contribution < -0.4 is 0 Å². The van der Waals surface area contributed by atoms with E-state index < -0.39 is 0 Å². The van der Waals surface area contributed by atoms with Gasteiger partial charge in [-0.3, -0.25) is 9.78 Å². The minimum atomic E-state index is -0.147. The van der Waals surface area contributed by atoms with Gasteiger partial charge in [0, 0.05) is 30.4 Å². The molecule has 0 N–H and O–H groups in total. The monoisotopic (exact) mass is 381 g/mol. The Morgan fingerprint density at radius 2 is 2.07 bits per heavy atom. The number of nitrogens with zero attached hydrogens (tertiary/aromatic N) is 3. The first-order valence-electron chi connectivity index (χ1n) is 9.11. The van der Waals surface area contributed by atoms with Gasteiger partial charge in [0.2, 0.25) is 5.89 Å². The molecule has 1 aromatic carbocycles. The molecule has 0 aliphatic carbocycles. The number of benzene rings is 1. The number of oxazole rings is 1. The van der Waals surface area contributed by atoms with Crippen LogP contribution in [-0.2, 0) is 6.42 Å². The smallest absolute Gasteiger partial charge is 0.256 e. The fraction of sp³-hybridized carbons (Fsp3) is 0.286. The molecular formula is C21H20ClN3O2. The van der Waals surface area contributed by atoms with Crippen molar-refractivity contribution in [1.82, 2.24) is 14.9 Å². The number of hydrogen-bond donors (Lipinski definition) is 0. The number of rotatable bonds is 4. The van der Waals surface area contributed by atoms with E-state index in [9.17, 15) is 4.79 Å². The molecule has 1 atom stereocenters. The zero-order valence-corrected chi connectivity index (χ0v) is 15.6.